The number of ether oxygens (including phenoxy) is 2. The second-order valence-corrected chi connectivity index (χ2v) is 9.02. The number of hydrogen-bond acceptors (Lipinski definition) is 7. The number of benzene rings is 2. The molecule has 9 heteroatoms. The highest BCUT2D eigenvalue weighted by Gasteiger charge is 2.35. The summed E-state index contributed by atoms with van der Waals surface area (Å²) in [6, 6.07) is 14.3. The molecule has 2 aromatic heterocycles. The van der Waals surface area contributed by atoms with E-state index in [9.17, 15) is 9.59 Å². The van der Waals surface area contributed by atoms with Crippen LogP contribution < -0.4 is 14.8 Å². The van der Waals surface area contributed by atoms with E-state index in [0.29, 0.717) is 46.4 Å². The number of amides is 2. The quantitative estimate of drug-likeness (QED) is 0.426. The summed E-state index contributed by atoms with van der Waals surface area (Å²) in [6.07, 6.45) is 3.00. The van der Waals surface area contributed by atoms with Crippen LogP contribution in [-0.4, -0.2) is 53.5 Å². The van der Waals surface area contributed by atoms with Crippen LogP contribution in [0.2, 0.25) is 0 Å². The molecule has 1 atom stereocenters. The fraction of sp³-hybridized carbons (Fsp3) is 0.231. The third-order valence-corrected chi connectivity index (χ3v) is 6.79. The van der Waals surface area contributed by atoms with Crippen LogP contribution in [0.3, 0.4) is 0 Å². The second-order valence-electron chi connectivity index (χ2n) is 8.13. The van der Waals surface area contributed by atoms with Gasteiger partial charge in [-0.25, -0.2) is 9.97 Å². The molecular formula is C26H24N4O4S. The highest BCUT2D eigenvalue weighted by atomic mass is 32.1. The molecule has 0 saturated carbocycles. The predicted molar refractivity (Wildman–Crippen MR) is 135 cm³/mol. The molecule has 0 spiro atoms. The minimum Gasteiger partial charge on any atom is -0.493 e. The summed E-state index contributed by atoms with van der Waals surface area (Å²) >= 11 is 1.35. The Morgan fingerprint density at radius 1 is 1.09 bits per heavy atom. The summed E-state index contributed by atoms with van der Waals surface area (Å²) in [4.78, 5) is 37.4. The Kier molecular flexibility index (Phi) is 6.33. The van der Waals surface area contributed by atoms with E-state index in [2.05, 4.69) is 10.3 Å². The molecule has 35 heavy (non-hydrogen) atoms. The first-order valence-electron chi connectivity index (χ1n) is 11.2. The molecular weight excluding hydrogens is 464 g/mol. The summed E-state index contributed by atoms with van der Waals surface area (Å²) in [7, 11) is 3.16. The fourth-order valence-corrected chi connectivity index (χ4v) is 4.94. The van der Waals surface area contributed by atoms with Crippen molar-refractivity contribution < 1.29 is 19.1 Å². The van der Waals surface area contributed by atoms with Crippen LogP contribution in [0, 0.1) is 0 Å². The van der Waals surface area contributed by atoms with E-state index in [-0.39, 0.29) is 11.8 Å². The van der Waals surface area contributed by atoms with E-state index in [1.54, 1.807) is 36.8 Å². The van der Waals surface area contributed by atoms with Crippen molar-refractivity contribution >= 4 is 39.2 Å². The van der Waals surface area contributed by atoms with E-state index in [1.165, 1.54) is 11.3 Å². The van der Waals surface area contributed by atoms with Gasteiger partial charge in [-0.15, -0.1) is 11.3 Å². The number of rotatable bonds is 6. The summed E-state index contributed by atoms with van der Waals surface area (Å²) in [5, 5.41) is 5.90. The molecule has 0 bridgehead atoms. The van der Waals surface area contributed by atoms with E-state index in [4.69, 9.17) is 14.5 Å². The molecule has 1 aliphatic rings. The van der Waals surface area contributed by atoms with Crippen LogP contribution in [-0.2, 0) is 4.79 Å². The van der Waals surface area contributed by atoms with Crippen LogP contribution in [0.25, 0.3) is 22.2 Å². The van der Waals surface area contributed by atoms with Crippen molar-refractivity contribution in [2.45, 2.75) is 18.9 Å². The molecule has 1 saturated heterocycles. The van der Waals surface area contributed by atoms with Gasteiger partial charge in [-0.05, 0) is 43.2 Å². The van der Waals surface area contributed by atoms with Crippen molar-refractivity contribution in [2.75, 3.05) is 26.1 Å². The summed E-state index contributed by atoms with van der Waals surface area (Å²) in [6.45, 7) is 0.511. The SMILES string of the molecule is COc1ccc(-c2cc(C(=O)N3CCCC3C(=O)Nc3nccs3)c3ccccc3n2)cc1OC. The first kappa shape index (κ1) is 22.8. The van der Waals surface area contributed by atoms with Gasteiger partial charge in [0.05, 0.1) is 31.0 Å². The number of pyridine rings is 1. The number of likely N-dealkylation sites (tertiary alicyclic amines) is 1. The Balaban J connectivity index is 1.53. The van der Waals surface area contributed by atoms with Gasteiger partial charge in [-0.1, -0.05) is 18.2 Å². The average molecular weight is 489 g/mol. The van der Waals surface area contributed by atoms with Gasteiger partial charge in [0.25, 0.3) is 5.91 Å². The Bertz CT molecular complexity index is 1390. The number of fused-ring (bicyclic) bond motifs is 1. The highest BCUT2D eigenvalue weighted by Crippen LogP contribution is 2.34. The zero-order valence-electron chi connectivity index (χ0n) is 19.4. The third kappa shape index (κ3) is 4.42. The molecule has 1 fully saturated rings. The fourth-order valence-electron chi connectivity index (χ4n) is 4.41. The Hall–Kier alpha value is -3.98. The van der Waals surface area contributed by atoms with E-state index >= 15 is 0 Å². The number of thiazole rings is 1. The lowest BCUT2D eigenvalue weighted by Gasteiger charge is -2.24. The third-order valence-electron chi connectivity index (χ3n) is 6.10. The largest absolute Gasteiger partial charge is 0.493 e. The van der Waals surface area contributed by atoms with Crippen LogP contribution in [0.4, 0.5) is 5.13 Å². The van der Waals surface area contributed by atoms with Gasteiger partial charge < -0.3 is 19.7 Å². The number of nitrogens with zero attached hydrogens (tertiary/aromatic N) is 3. The van der Waals surface area contributed by atoms with Gasteiger partial charge in [-0.3, -0.25) is 9.59 Å². The lowest BCUT2D eigenvalue weighted by molar-refractivity contribution is -0.119. The van der Waals surface area contributed by atoms with Crippen LogP contribution in [0.1, 0.15) is 23.2 Å². The van der Waals surface area contributed by atoms with Gasteiger partial charge >= 0.3 is 0 Å². The second kappa shape index (κ2) is 9.71. The molecule has 5 rings (SSSR count). The smallest absolute Gasteiger partial charge is 0.255 e. The minimum atomic E-state index is -0.553. The standard InChI is InChI=1S/C26H24N4O4S/c1-33-22-10-9-16(14-23(22)34-2)20-15-18(17-6-3-4-7-19(17)28-20)25(32)30-12-5-8-21(30)24(31)29-26-27-11-13-35-26/h3-4,6-7,9-11,13-15,21H,5,8,12H2,1-2H3,(H,27,29,31). The normalized spacial score (nSPS) is 15.3. The molecule has 1 N–H and O–H groups in total. The van der Waals surface area contributed by atoms with Crippen molar-refractivity contribution in [2.24, 2.45) is 0 Å². The van der Waals surface area contributed by atoms with Gasteiger partial charge in [0.15, 0.2) is 16.6 Å². The van der Waals surface area contributed by atoms with Crippen molar-refractivity contribution in [3.8, 4) is 22.8 Å². The maximum Gasteiger partial charge on any atom is 0.255 e. The Morgan fingerprint density at radius 2 is 1.91 bits per heavy atom. The van der Waals surface area contributed by atoms with Gasteiger partial charge in [0, 0.05) is 29.1 Å². The summed E-state index contributed by atoms with van der Waals surface area (Å²) < 4.78 is 10.8. The van der Waals surface area contributed by atoms with Crippen molar-refractivity contribution in [1.82, 2.24) is 14.9 Å². The number of nitrogens with one attached hydrogen (secondary N) is 1. The first-order chi connectivity index (χ1) is 17.1. The molecule has 4 aromatic rings. The molecule has 3 heterocycles. The minimum absolute atomic E-state index is 0.192. The van der Waals surface area contributed by atoms with Crippen molar-refractivity contribution in [3.05, 3.63) is 65.7 Å². The van der Waals surface area contributed by atoms with Crippen LogP contribution in [0.5, 0.6) is 11.5 Å². The summed E-state index contributed by atoms with van der Waals surface area (Å²) in [5.74, 6) is 0.775. The molecule has 1 unspecified atom stereocenters. The number of carbonyl (C=O) groups is 2. The van der Waals surface area contributed by atoms with Crippen LogP contribution >= 0.6 is 11.3 Å². The number of aromatic nitrogens is 2. The van der Waals surface area contributed by atoms with E-state index < -0.39 is 6.04 Å². The monoisotopic (exact) mass is 488 g/mol. The maximum absolute atomic E-state index is 13.8. The molecule has 1 aliphatic heterocycles. The number of hydrogen-bond donors (Lipinski definition) is 1. The lowest BCUT2D eigenvalue weighted by atomic mass is 10.0. The van der Waals surface area contributed by atoms with E-state index in [0.717, 1.165) is 17.4 Å². The molecule has 2 amide bonds. The molecule has 178 valence electrons. The lowest BCUT2D eigenvalue weighted by Crippen LogP contribution is -2.43. The van der Waals surface area contributed by atoms with Gasteiger partial charge in [-0.2, -0.15) is 0 Å². The Labute approximate surface area is 206 Å². The molecule has 0 aliphatic carbocycles. The van der Waals surface area contributed by atoms with Gasteiger partial charge in [0.2, 0.25) is 5.91 Å². The zero-order valence-corrected chi connectivity index (χ0v) is 20.2. The van der Waals surface area contributed by atoms with E-state index in [1.807, 2.05) is 42.5 Å². The highest BCUT2D eigenvalue weighted by molar-refractivity contribution is 7.13. The maximum atomic E-state index is 13.8. The van der Waals surface area contributed by atoms with Crippen LogP contribution in [0.15, 0.2) is 60.1 Å². The molecule has 0 radical (unpaired) electrons. The number of carbonyl (C=O) groups excluding carboxylic acids is 2. The van der Waals surface area contributed by atoms with Crippen molar-refractivity contribution in [1.29, 1.82) is 0 Å². The number of anilines is 1. The number of para-hydroxylation sites is 1. The Morgan fingerprint density at radius 3 is 2.69 bits per heavy atom. The molecule has 8 nitrogen and oxygen atoms in total. The van der Waals surface area contributed by atoms with Gasteiger partial charge in [0.1, 0.15) is 6.04 Å². The number of methoxy groups -OCH3 is 2. The topological polar surface area (TPSA) is 93.7 Å². The predicted octanol–water partition coefficient (Wildman–Crippen LogP) is 4.62. The first-order valence-corrected chi connectivity index (χ1v) is 12.1. The average Bonchev–Trinajstić information content (AvgIpc) is 3.59. The summed E-state index contributed by atoms with van der Waals surface area (Å²) in [5.41, 5.74) is 2.64. The molecule has 2 aromatic carbocycles. The zero-order chi connectivity index (χ0) is 24.4. The van der Waals surface area contributed by atoms with Crippen molar-refractivity contribution in [3.63, 3.8) is 0 Å².